The van der Waals surface area contributed by atoms with Gasteiger partial charge in [-0.3, -0.25) is 10.1 Å². The highest BCUT2D eigenvalue weighted by Crippen LogP contribution is 2.38. The second-order valence-corrected chi connectivity index (χ2v) is 5.65. The Balaban J connectivity index is 2.30. The summed E-state index contributed by atoms with van der Waals surface area (Å²) in [5, 5.41) is 20.4. The fourth-order valence-electron chi connectivity index (χ4n) is 1.23. The highest BCUT2D eigenvalue weighted by molar-refractivity contribution is 9.10. The first-order valence-corrected chi connectivity index (χ1v) is 6.34. The minimum atomic E-state index is -1.06. The molecule has 1 N–H and O–H groups in total. The van der Waals surface area contributed by atoms with Crippen molar-refractivity contribution in [3.63, 3.8) is 0 Å². The lowest BCUT2D eigenvalue weighted by atomic mass is 10.2. The molecule has 0 saturated carbocycles. The Bertz CT molecular complexity index is 548. The first-order valence-electron chi connectivity index (χ1n) is 4.36. The van der Waals surface area contributed by atoms with Crippen molar-refractivity contribution in [1.29, 1.82) is 0 Å². The van der Waals surface area contributed by atoms with Crippen molar-refractivity contribution in [3.05, 3.63) is 47.8 Å². The number of nitro groups is 1. The molecule has 2 rings (SSSR count). The van der Waals surface area contributed by atoms with Crippen molar-refractivity contribution < 1.29 is 14.4 Å². The summed E-state index contributed by atoms with van der Waals surface area (Å²) in [6.45, 7) is 0. The second kappa shape index (κ2) is 4.77. The SMILES string of the molecule is O=[N+]([O-])c1ccc(C(O)c2cc(Br)c(Cl)s2)o1. The number of halogens is 2. The molecule has 5 nitrogen and oxygen atoms in total. The Hall–Kier alpha value is -0.890. The molecule has 0 spiro atoms. The third kappa shape index (κ3) is 2.52. The molecule has 0 aromatic carbocycles. The Labute approximate surface area is 113 Å². The number of nitrogens with zero attached hydrogens (tertiary/aromatic N) is 1. The monoisotopic (exact) mass is 337 g/mol. The lowest BCUT2D eigenvalue weighted by molar-refractivity contribution is -0.402. The number of aliphatic hydroxyl groups is 1. The normalized spacial score (nSPS) is 12.6. The first kappa shape index (κ1) is 12.6. The molecule has 0 bridgehead atoms. The van der Waals surface area contributed by atoms with Crippen LogP contribution in [-0.4, -0.2) is 10.0 Å². The highest BCUT2D eigenvalue weighted by Gasteiger charge is 2.21. The molecule has 0 aliphatic heterocycles. The van der Waals surface area contributed by atoms with Gasteiger partial charge in [0.25, 0.3) is 0 Å². The van der Waals surface area contributed by atoms with Crippen molar-refractivity contribution >= 4 is 44.8 Å². The van der Waals surface area contributed by atoms with E-state index in [0.29, 0.717) is 13.7 Å². The lowest BCUT2D eigenvalue weighted by Crippen LogP contribution is -1.94. The van der Waals surface area contributed by atoms with Crippen LogP contribution < -0.4 is 0 Å². The molecule has 8 heteroatoms. The minimum absolute atomic E-state index is 0.113. The molecule has 2 heterocycles. The predicted molar refractivity (Wildman–Crippen MR) is 66.5 cm³/mol. The number of hydrogen-bond acceptors (Lipinski definition) is 5. The van der Waals surface area contributed by atoms with Gasteiger partial charge in [0, 0.05) is 9.35 Å². The van der Waals surface area contributed by atoms with Gasteiger partial charge in [0.2, 0.25) is 0 Å². The molecular formula is C9H5BrClNO4S. The van der Waals surface area contributed by atoms with E-state index in [9.17, 15) is 15.2 Å². The molecule has 0 aliphatic rings. The molecule has 90 valence electrons. The Kier molecular flexibility index (Phi) is 3.53. The van der Waals surface area contributed by atoms with Gasteiger partial charge in [-0.25, -0.2) is 0 Å². The zero-order valence-corrected chi connectivity index (χ0v) is 11.3. The van der Waals surface area contributed by atoms with Crippen LogP contribution in [0.3, 0.4) is 0 Å². The molecule has 2 aromatic rings. The highest BCUT2D eigenvalue weighted by atomic mass is 79.9. The zero-order chi connectivity index (χ0) is 12.6. The van der Waals surface area contributed by atoms with Gasteiger partial charge in [-0.1, -0.05) is 11.6 Å². The maximum Gasteiger partial charge on any atom is 0.433 e. The first-order chi connectivity index (χ1) is 7.99. The van der Waals surface area contributed by atoms with Crippen LogP contribution in [0.5, 0.6) is 0 Å². The fourth-order valence-corrected chi connectivity index (χ4v) is 2.96. The van der Waals surface area contributed by atoms with Crippen molar-refractivity contribution in [3.8, 4) is 0 Å². The Morgan fingerprint density at radius 2 is 2.29 bits per heavy atom. The standard InChI is InChI=1S/C9H5BrClNO4S/c10-4-3-6(17-9(4)11)8(13)5-1-2-7(16-5)12(14)15/h1-3,8,13H. The summed E-state index contributed by atoms with van der Waals surface area (Å²) in [6.07, 6.45) is -1.06. The number of furan rings is 1. The summed E-state index contributed by atoms with van der Waals surface area (Å²) in [4.78, 5) is 10.3. The van der Waals surface area contributed by atoms with Crippen molar-refractivity contribution in [2.45, 2.75) is 6.10 Å². The third-order valence-electron chi connectivity index (χ3n) is 2.00. The largest absolute Gasteiger partial charge is 0.433 e. The summed E-state index contributed by atoms with van der Waals surface area (Å²) in [6, 6.07) is 4.21. The van der Waals surface area contributed by atoms with E-state index < -0.39 is 16.9 Å². The fraction of sp³-hybridized carbons (Fsp3) is 0.111. The van der Waals surface area contributed by atoms with E-state index in [1.165, 1.54) is 23.5 Å². The maximum atomic E-state index is 10.4. The zero-order valence-electron chi connectivity index (χ0n) is 8.09. The van der Waals surface area contributed by atoms with Crippen LogP contribution in [0.1, 0.15) is 16.7 Å². The van der Waals surface area contributed by atoms with E-state index >= 15 is 0 Å². The van der Waals surface area contributed by atoms with Gasteiger partial charge in [-0.05, 0) is 28.1 Å². The van der Waals surface area contributed by atoms with E-state index in [1.807, 2.05) is 0 Å². The average molecular weight is 339 g/mol. The van der Waals surface area contributed by atoms with Gasteiger partial charge >= 0.3 is 5.88 Å². The smallest absolute Gasteiger partial charge is 0.403 e. The van der Waals surface area contributed by atoms with Crippen molar-refractivity contribution in [1.82, 2.24) is 0 Å². The topological polar surface area (TPSA) is 76.5 Å². The van der Waals surface area contributed by atoms with Gasteiger partial charge in [-0.2, -0.15) is 0 Å². The van der Waals surface area contributed by atoms with E-state index in [0.717, 1.165) is 0 Å². The van der Waals surface area contributed by atoms with E-state index in [4.69, 9.17) is 16.0 Å². The molecule has 17 heavy (non-hydrogen) atoms. The van der Waals surface area contributed by atoms with Crippen LogP contribution >= 0.6 is 38.9 Å². The van der Waals surface area contributed by atoms with Crippen LogP contribution in [0.15, 0.2) is 27.1 Å². The minimum Gasteiger partial charge on any atom is -0.403 e. The lowest BCUT2D eigenvalue weighted by Gasteiger charge is -2.02. The van der Waals surface area contributed by atoms with Crippen molar-refractivity contribution in [2.75, 3.05) is 0 Å². The van der Waals surface area contributed by atoms with Gasteiger partial charge in [0.05, 0.1) is 6.07 Å². The van der Waals surface area contributed by atoms with Crippen LogP contribution in [0.4, 0.5) is 5.88 Å². The summed E-state index contributed by atoms with van der Waals surface area (Å²) in [5.74, 6) is -0.289. The third-order valence-corrected chi connectivity index (χ3v) is 4.52. The molecule has 2 aromatic heterocycles. The summed E-state index contributed by atoms with van der Waals surface area (Å²) in [5.41, 5.74) is 0. The van der Waals surface area contributed by atoms with E-state index in [-0.39, 0.29) is 5.76 Å². The molecule has 1 atom stereocenters. The van der Waals surface area contributed by atoms with E-state index in [2.05, 4.69) is 15.9 Å². The molecule has 0 amide bonds. The van der Waals surface area contributed by atoms with Crippen LogP contribution in [0, 0.1) is 10.1 Å². The maximum absolute atomic E-state index is 10.4. The van der Waals surface area contributed by atoms with Gasteiger partial charge in [-0.15, -0.1) is 11.3 Å². The van der Waals surface area contributed by atoms with E-state index in [1.54, 1.807) is 6.07 Å². The number of thiophene rings is 1. The number of hydrogen-bond donors (Lipinski definition) is 1. The number of aliphatic hydroxyl groups excluding tert-OH is 1. The molecular weight excluding hydrogens is 334 g/mol. The second-order valence-electron chi connectivity index (χ2n) is 3.11. The quantitative estimate of drug-likeness (QED) is 0.683. The Morgan fingerprint density at radius 3 is 2.76 bits per heavy atom. The van der Waals surface area contributed by atoms with Crippen LogP contribution in [0.2, 0.25) is 4.34 Å². The van der Waals surface area contributed by atoms with Crippen molar-refractivity contribution in [2.24, 2.45) is 0 Å². The van der Waals surface area contributed by atoms with Crippen LogP contribution in [-0.2, 0) is 0 Å². The number of rotatable bonds is 3. The molecule has 0 radical (unpaired) electrons. The molecule has 0 saturated heterocycles. The van der Waals surface area contributed by atoms with Crippen LogP contribution in [0.25, 0.3) is 0 Å². The Morgan fingerprint density at radius 1 is 1.59 bits per heavy atom. The van der Waals surface area contributed by atoms with Gasteiger partial charge in [0.1, 0.15) is 21.1 Å². The van der Waals surface area contributed by atoms with Gasteiger partial charge in [0.15, 0.2) is 0 Å². The average Bonchev–Trinajstić information content (AvgIpc) is 2.86. The summed E-state index contributed by atoms with van der Waals surface area (Å²) in [7, 11) is 0. The molecule has 0 fully saturated rings. The summed E-state index contributed by atoms with van der Waals surface area (Å²) >= 11 is 10.2. The summed E-state index contributed by atoms with van der Waals surface area (Å²) < 4.78 is 6.08. The van der Waals surface area contributed by atoms with Gasteiger partial charge < -0.3 is 9.52 Å². The molecule has 1 unspecified atom stereocenters. The predicted octanol–water partition coefficient (Wildman–Crippen LogP) is 3.75. The molecule has 0 aliphatic carbocycles.